The van der Waals surface area contributed by atoms with Crippen molar-refractivity contribution in [2.45, 2.75) is 16.2 Å². The molecule has 1 aromatic heterocycles. The van der Waals surface area contributed by atoms with Crippen LogP contribution in [0.2, 0.25) is 5.02 Å². The van der Waals surface area contributed by atoms with Gasteiger partial charge < -0.3 is 10.7 Å². The summed E-state index contributed by atoms with van der Waals surface area (Å²) >= 11 is 13.8. The lowest BCUT2D eigenvalue weighted by Crippen LogP contribution is -2.41. The Balaban J connectivity index is 1.90. The molecule has 2 aliphatic rings. The highest BCUT2D eigenvalue weighted by molar-refractivity contribution is 8.00. The van der Waals surface area contributed by atoms with Gasteiger partial charge in [0.2, 0.25) is 5.91 Å². The smallest absolute Gasteiger partial charge is 0.328 e. The summed E-state index contributed by atoms with van der Waals surface area (Å²) in [5, 5.41) is 0.608. The van der Waals surface area contributed by atoms with Crippen molar-refractivity contribution in [1.29, 1.82) is 0 Å². The quantitative estimate of drug-likeness (QED) is 0.555. The molecule has 4 rings (SSSR count). The number of hydrogen-bond donors (Lipinski definition) is 2. The van der Waals surface area contributed by atoms with E-state index < -0.39 is 34.9 Å². The maximum atomic E-state index is 12.8. The van der Waals surface area contributed by atoms with Gasteiger partial charge >= 0.3 is 6.03 Å². The number of nitrogens with one attached hydrogen (secondary N) is 1. The number of hydrogen-bond acceptors (Lipinski definition) is 6. The van der Waals surface area contributed by atoms with Gasteiger partial charge in [0.15, 0.2) is 3.95 Å². The molecule has 6 nitrogen and oxygen atoms in total. The van der Waals surface area contributed by atoms with Gasteiger partial charge in [0.05, 0.1) is 10.9 Å². The van der Waals surface area contributed by atoms with Crippen molar-refractivity contribution < 1.29 is 14.4 Å². The highest BCUT2D eigenvalue weighted by Gasteiger charge is 2.57. The zero-order chi connectivity index (χ0) is 17.9. The van der Waals surface area contributed by atoms with Gasteiger partial charge in [-0.25, -0.2) is 4.79 Å². The van der Waals surface area contributed by atoms with Crippen LogP contribution >= 0.6 is 46.9 Å². The van der Waals surface area contributed by atoms with Crippen molar-refractivity contribution in [1.82, 2.24) is 9.88 Å². The molecule has 0 radical (unpaired) electrons. The number of halogens is 1. The van der Waals surface area contributed by atoms with E-state index in [0.717, 1.165) is 15.5 Å². The minimum Gasteiger partial charge on any atom is -0.351 e. The Hall–Kier alpha value is -1.68. The standard InChI is InChI=1S/C15H10ClN3O3S3/c16-6-3-1-5(2-4-6)7-8-10(13(21)19(12(8)20)14(17)22)24-11-9(7)25-15(23)18-11/h1-4,7-8,10H,(H2,17,22)(H,18,23). The fourth-order valence-corrected chi connectivity index (χ4v) is 6.35. The molecule has 0 bridgehead atoms. The van der Waals surface area contributed by atoms with E-state index in [1.165, 1.54) is 23.1 Å². The number of amides is 4. The average Bonchev–Trinajstić information content (AvgIpc) is 3.04. The predicted molar refractivity (Wildman–Crippen MR) is 97.4 cm³/mol. The highest BCUT2D eigenvalue weighted by atomic mass is 35.5. The monoisotopic (exact) mass is 411 g/mol. The van der Waals surface area contributed by atoms with Gasteiger partial charge in [0, 0.05) is 15.8 Å². The Kier molecular flexibility index (Phi) is 3.99. The van der Waals surface area contributed by atoms with E-state index in [0.29, 0.717) is 13.9 Å². The van der Waals surface area contributed by atoms with Gasteiger partial charge in [0.1, 0.15) is 5.25 Å². The van der Waals surface area contributed by atoms with Crippen LogP contribution in [0.5, 0.6) is 0 Å². The van der Waals surface area contributed by atoms with E-state index in [2.05, 4.69) is 4.98 Å². The van der Waals surface area contributed by atoms with E-state index in [1.54, 1.807) is 12.1 Å². The number of likely N-dealkylation sites (tertiary alicyclic amines) is 1. The number of benzene rings is 1. The van der Waals surface area contributed by atoms with Gasteiger partial charge in [0.25, 0.3) is 5.91 Å². The lowest BCUT2D eigenvalue weighted by atomic mass is 9.83. The van der Waals surface area contributed by atoms with Crippen LogP contribution in [0.4, 0.5) is 4.79 Å². The van der Waals surface area contributed by atoms with Crippen molar-refractivity contribution >= 4 is 64.8 Å². The van der Waals surface area contributed by atoms with E-state index >= 15 is 0 Å². The summed E-state index contributed by atoms with van der Waals surface area (Å²) in [4.78, 5) is 41.4. The molecule has 3 N–H and O–H groups in total. The number of thioether (sulfide) groups is 1. The minimum absolute atomic E-state index is 0.391. The first-order valence-corrected chi connectivity index (χ1v) is 9.69. The van der Waals surface area contributed by atoms with Crippen LogP contribution in [0.25, 0.3) is 0 Å². The molecule has 3 atom stereocenters. The second kappa shape index (κ2) is 5.94. The summed E-state index contributed by atoms with van der Waals surface area (Å²) in [6, 6.07) is 6.05. The maximum absolute atomic E-state index is 12.8. The second-order valence-electron chi connectivity index (χ2n) is 5.65. The van der Waals surface area contributed by atoms with Crippen molar-refractivity contribution in [3.8, 4) is 0 Å². The summed E-state index contributed by atoms with van der Waals surface area (Å²) in [7, 11) is 0. The molecular weight excluding hydrogens is 402 g/mol. The Labute approximate surface area is 160 Å². The molecule has 2 aromatic rings. The van der Waals surface area contributed by atoms with E-state index in [1.807, 2.05) is 12.1 Å². The number of imide groups is 3. The number of fused-ring (bicyclic) bond motifs is 2. The number of urea groups is 1. The van der Waals surface area contributed by atoms with Gasteiger partial charge in [-0.05, 0) is 29.9 Å². The second-order valence-corrected chi connectivity index (χ2v) is 8.96. The topological polar surface area (TPSA) is 96.3 Å². The van der Waals surface area contributed by atoms with Gasteiger partial charge in [-0.2, -0.15) is 4.90 Å². The van der Waals surface area contributed by atoms with Crippen LogP contribution in [0.3, 0.4) is 0 Å². The molecular formula is C15H10ClN3O3S3. The van der Waals surface area contributed by atoms with Crippen LogP contribution in [-0.4, -0.2) is 33.0 Å². The first-order chi connectivity index (χ1) is 11.9. The van der Waals surface area contributed by atoms with E-state index in [4.69, 9.17) is 29.6 Å². The number of thiazole rings is 1. The number of primary amides is 1. The number of rotatable bonds is 1. The van der Waals surface area contributed by atoms with Crippen molar-refractivity contribution in [2.75, 3.05) is 0 Å². The molecule has 25 heavy (non-hydrogen) atoms. The summed E-state index contributed by atoms with van der Waals surface area (Å²) in [5.74, 6) is -2.25. The van der Waals surface area contributed by atoms with Crippen LogP contribution in [0.15, 0.2) is 29.3 Å². The maximum Gasteiger partial charge on any atom is 0.328 e. The number of aromatic amines is 1. The van der Waals surface area contributed by atoms with Crippen LogP contribution in [0.1, 0.15) is 16.4 Å². The summed E-state index contributed by atoms with van der Waals surface area (Å²) < 4.78 is 0.572. The first kappa shape index (κ1) is 16.8. The minimum atomic E-state index is -1.05. The van der Waals surface area contributed by atoms with Crippen LogP contribution < -0.4 is 5.73 Å². The van der Waals surface area contributed by atoms with Gasteiger partial charge in [-0.15, -0.1) is 11.3 Å². The highest BCUT2D eigenvalue weighted by Crippen LogP contribution is 2.53. The molecule has 2 aliphatic heterocycles. The normalized spacial score (nSPS) is 25.0. The molecule has 0 spiro atoms. The molecule has 0 saturated carbocycles. The van der Waals surface area contributed by atoms with Crippen LogP contribution in [0, 0.1) is 9.87 Å². The fourth-order valence-electron chi connectivity index (χ4n) is 3.26. The van der Waals surface area contributed by atoms with Crippen molar-refractivity contribution in [2.24, 2.45) is 11.7 Å². The lowest BCUT2D eigenvalue weighted by molar-refractivity contribution is -0.135. The average molecular weight is 412 g/mol. The van der Waals surface area contributed by atoms with Crippen molar-refractivity contribution in [3.05, 3.63) is 43.7 Å². The SMILES string of the molecule is NC(=O)N1C(=O)C2Sc3[nH]c(=S)sc3C(c3ccc(Cl)cc3)C2C1=O. The van der Waals surface area contributed by atoms with Gasteiger partial charge in [-0.1, -0.05) is 35.5 Å². The number of nitrogens with two attached hydrogens (primary N) is 1. The van der Waals surface area contributed by atoms with E-state index in [9.17, 15) is 14.4 Å². The third-order valence-electron chi connectivity index (χ3n) is 4.27. The molecule has 1 aromatic carbocycles. The number of carbonyl (C=O) groups is 3. The van der Waals surface area contributed by atoms with Gasteiger partial charge in [-0.3, -0.25) is 9.59 Å². The first-order valence-electron chi connectivity index (χ1n) is 7.21. The number of H-pyrrole nitrogens is 1. The summed E-state index contributed by atoms with van der Waals surface area (Å²) in [6.45, 7) is 0. The van der Waals surface area contributed by atoms with Crippen molar-refractivity contribution in [3.63, 3.8) is 0 Å². The molecule has 1 saturated heterocycles. The number of nitrogens with zero attached hydrogens (tertiary/aromatic N) is 1. The Morgan fingerprint density at radius 3 is 2.56 bits per heavy atom. The summed E-state index contributed by atoms with van der Waals surface area (Å²) in [5.41, 5.74) is 6.07. The third-order valence-corrected chi connectivity index (χ3v) is 7.28. The molecule has 3 unspecified atom stereocenters. The van der Waals surface area contributed by atoms with E-state index in [-0.39, 0.29) is 0 Å². The molecule has 10 heteroatoms. The molecule has 4 amide bonds. The number of aromatic nitrogens is 1. The predicted octanol–water partition coefficient (Wildman–Crippen LogP) is 3.13. The lowest BCUT2D eigenvalue weighted by Gasteiger charge is -2.29. The Morgan fingerprint density at radius 1 is 1.24 bits per heavy atom. The molecule has 1 fully saturated rings. The zero-order valence-electron chi connectivity index (χ0n) is 12.4. The third kappa shape index (κ3) is 2.53. The summed E-state index contributed by atoms with van der Waals surface area (Å²) in [6.07, 6.45) is 0. The molecule has 128 valence electrons. The zero-order valence-corrected chi connectivity index (χ0v) is 15.6. The molecule has 0 aliphatic carbocycles. The van der Waals surface area contributed by atoms with Crippen LogP contribution in [-0.2, 0) is 9.59 Å². The Bertz CT molecular complexity index is 968. The largest absolute Gasteiger partial charge is 0.351 e. The number of carbonyl (C=O) groups excluding carboxylic acids is 3. The Morgan fingerprint density at radius 2 is 1.92 bits per heavy atom. The molecule has 3 heterocycles. The fraction of sp³-hybridized carbons (Fsp3) is 0.200.